The first kappa shape index (κ1) is 34.2. The number of benzene rings is 2. The molecule has 46 heavy (non-hydrogen) atoms. The Labute approximate surface area is 274 Å². The SMILES string of the molecule is CCOC(=O)c1sc(NC(=O)C(C)Sc2nnc(CNC(=O)COc3ccccc3)n2-c2cccc(C)c2)c(C(=O)OCC)c1C. The Bertz CT molecular complexity index is 1700. The summed E-state index contributed by atoms with van der Waals surface area (Å²) in [6, 6.07) is 16.7. The van der Waals surface area contributed by atoms with Crippen LogP contribution in [0.15, 0.2) is 59.8 Å². The number of thioether (sulfide) groups is 1. The third-order valence-electron chi connectivity index (χ3n) is 6.49. The molecule has 0 saturated carbocycles. The first-order valence-corrected chi connectivity index (χ1v) is 16.2. The lowest BCUT2D eigenvalue weighted by atomic mass is 10.1. The van der Waals surface area contributed by atoms with Crippen molar-refractivity contribution in [2.75, 3.05) is 25.1 Å². The molecule has 2 amide bonds. The van der Waals surface area contributed by atoms with Gasteiger partial charge in [0.25, 0.3) is 5.91 Å². The number of para-hydroxylation sites is 1. The van der Waals surface area contributed by atoms with Gasteiger partial charge < -0.3 is 24.8 Å². The first-order valence-electron chi connectivity index (χ1n) is 14.5. The maximum Gasteiger partial charge on any atom is 0.348 e. The number of rotatable bonds is 14. The smallest absolute Gasteiger partial charge is 0.348 e. The molecule has 0 aliphatic carbocycles. The molecule has 0 bridgehead atoms. The molecule has 2 heterocycles. The fourth-order valence-electron chi connectivity index (χ4n) is 4.28. The highest BCUT2D eigenvalue weighted by molar-refractivity contribution is 8.00. The Hall–Kier alpha value is -4.69. The summed E-state index contributed by atoms with van der Waals surface area (Å²) in [5.41, 5.74) is 2.23. The summed E-state index contributed by atoms with van der Waals surface area (Å²) in [6.45, 7) is 8.79. The van der Waals surface area contributed by atoms with Crippen LogP contribution in [0.4, 0.5) is 5.00 Å². The van der Waals surface area contributed by atoms with Gasteiger partial charge in [-0.25, -0.2) is 9.59 Å². The van der Waals surface area contributed by atoms with Gasteiger partial charge in [-0.3, -0.25) is 14.2 Å². The number of esters is 2. The van der Waals surface area contributed by atoms with Gasteiger partial charge in [0.2, 0.25) is 5.91 Å². The van der Waals surface area contributed by atoms with Gasteiger partial charge in [-0.15, -0.1) is 21.5 Å². The summed E-state index contributed by atoms with van der Waals surface area (Å²) >= 11 is 2.11. The summed E-state index contributed by atoms with van der Waals surface area (Å²) in [5.74, 6) is -0.977. The van der Waals surface area contributed by atoms with Crippen LogP contribution >= 0.6 is 23.1 Å². The van der Waals surface area contributed by atoms with Gasteiger partial charge in [0.1, 0.15) is 15.6 Å². The van der Waals surface area contributed by atoms with Gasteiger partial charge in [-0.2, -0.15) is 0 Å². The minimum Gasteiger partial charge on any atom is -0.484 e. The lowest BCUT2D eigenvalue weighted by molar-refractivity contribution is -0.123. The number of amides is 2. The lowest BCUT2D eigenvalue weighted by Gasteiger charge is -2.15. The predicted molar refractivity (Wildman–Crippen MR) is 175 cm³/mol. The normalized spacial score (nSPS) is 11.4. The van der Waals surface area contributed by atoms with Gasteiger partial charge in [0.15, 0.2) is 17.6 Å². The molecule has 2 N–H and O–H groups in total. The fourth-order valence-corrected chi connectivity index (χ4v) is 6.26. The van der Waals surface area contributed by atoms with Crippen molar-refractivity contribution in [2.45, 2.75) is 51.6 Å². The molecule has 1 atom stereocenters. The van der Waals surface area contributed by atoms with Crippen molar-refractivity contribution >= 4 is 51.9 Å². The van der Waals surface area contributed by atoms with E-state index in [1.807, 2.05) is 49.4 Å². The zero-order chi connectivity index (χ0) is 33.2. The molecule has 1 unspecified atom stereocenters. The molecule has 242 valence electrons. The molecular formula is C32H35N5O7S2. The molecule has 2 aromatic heterocycles. The highest BCUT2D eigenvalue weighted by Gasteiger charge is 2.29. The monoisotopic (exact) mass is 665 g/mol. The third-order valence-corrected chi connectivity index (χ3v) is 8.72. The molecule has 2 aromatic carbocycles. The molecule has 4 rings (SSSR count). The Balaban J connectivity index is 1.53. The molecule has 0 radical (unpaired) electrons. The van der Waals surface area contributed by atoms with Crippen LogP contribution in [0, 0.1) is 13.8 Å². The van der Waals surface area contributed by atoms with Crippen molar-refractivity contribution in [3.8, 4) is 11.4 Å². The van der Waals surface area contributed by atoms with Gasteiger partial charge in [0, 0.05) is 5.69 Å². The Morgan fingerprint density at radius 2 is 1.67 bits per heavy atom. The summed E-state index contributed by atoms with van der Waals surface area (Å²) < 4.78 is 17.6. The van der Waals surface area contributed by atoms with E-state index in [4.69, 9.17) is 14.2 Å². The van der Waals surface area contributed by atoms with Crippen LogP contribution in [-0.2, 0) is 25.6 Å². The number of carbonyl (C=O) groups excluding carboxylic acids is 4. The summed E-state index contributed by atoms with van der Waals surface area (Å²) in [5, 5.41) is 14.2. The number of thiophene rings is 1. The van der Waals surface area contributed by atoms with E-state index in [9.17, 15) is 19.2 Å². The lowest BCUT2D eigenvalue weighted by Crippen LogP contribution is -2.29. The van der Waals surface area contributed by atoms with Crippen molar-refractivity contribution in [1.29, 1.82) is 0 Å². The molecule has 0 fully saturated rings. The van der Waals surface area contributed by atoms with Crippen molar-refractivity contribution in [3.05, 3.63) is 82.0 Å². The quantitative estimate of drug-likeness (QED) is 0.137. The molecule has 0 spiro atoms. The third kappa shape index (κ3) is 8.52. The van der Waals surface area contributed by atoms with Gasteiger partial charge in [-0.1, -0.05) is 42.1 Å². The first-order chi connectivity index (χ1) is 22.1. The zero-order valence-electron chi connectivity index (χ0n) is 26.1. The van der Waals surface area contributed by atoms with E-state index >= 15 is 0 Å². The van der Waals surface area contributed by atoms with Gasteiger partial charge in [0.05, 0.1) is 30.6 Å². The minimum atomic E-state index is -0.710. The number of hydrogen-bond donors (Lipinski definition) is 2. The molecule has 0 aliphatic heterocycles. The average Bonchev–Trinajstić information content (AvgIpc) is 3.59. The minimum absolute atomic E-state index is 0.0626. The number of aromatic nitrogens is 3. The second-order valence-corrected chi connectivity index (χ2v) is 12.2. The molecule has 0 aliphatic rings. The number of carbonyl (C=O) groups is 4. The van der Waals surface area contributed by atoms with E-state index in [0.717, 1.165) is 34.3 Å². The number of hydrogen-bond acceptors (Lipinski definition) is 11. The van der Waals surface area contributed by atoms with E-state index < -0.39 is 23.1 Å². The standard InChI is InChI=1S/C32H35N5O7S2/c1-6-42-30(40)26-20(4)27(31(41)43-7-2)46-29(26)34-28(39)21(5)45-32-36-35-24(37(32)22-13-11-12-19(3)16-22)17-33-25(38)18-44-23-14-9-8-10-15-23/h8-16,21H,6-7,17-18H2,1-5H3,(H,33,38)(H,34,39). The van der Waals surface area contributed by atoms with Crippen LogP contribution in [0.25, 0.3) is 5.69 Å². The Morgan fingerprint density at radius 3 is 2.37 bits per heavy atom. The summed E-state index contributed by atoms with van der Waals surface area (Å²) in [4.78, 5) is 51.5. The second-order valence-electron chi connectivity index (χ2n) is 9.90. The topological polar surface area (TPSA) is 151 Å². The van der Waals surface area contributed by atoms with Crippen LogP contribution in [0.2, 0.25) is 0 Å². The number of ether oxygens (including phenoxy) is 3. The maximum absolute atomic E-state index is 13.5. The van der Waals surface area contributed by atoms with Crippen molar-refractivity contribution < 1.29 is 33.4 Å². The maximum atomic E-state index is 13.5. The van der Waals surface area contributed by atoms with Crippen LogP contribution in [-0.4, -0.2) is 63.6 Å². The van der Waals surface area contributed by atoms with Crippen LogP contribution < -0.4 is 15.4 Å². The van der Waals surface area contributed by atoms with Crippen molar-refractivity contribution in [1.82, 2.24) is 20.1 Å². The molecule has 4 aromatic rings. The summed E-state index contributed by atoms with van der Waals surface area (Å²) in [7, 11) is 0. The number of anilines is 1. The number of nitrogens with zero attached hydrogens (tertiary/aromatic N) is 3. The Morgan fingerprint density at radius 1 is 0.957 bits per heavy atom. The molecule has 14 heteroatoms. The van der Waals surface area contributed by atoms with E-state index in [1.54, 1.807) is 44.4 Å². The summed E-state index contributed by atoms with van der Waals surface area (Å²) in [6.07, 6.45) is 0. The number of nitrogens with one attached hydrogen (secondary N) is 2. The van der Waals surface area contributed by atoms with E-state index in [1.165, 1.54) is 0 Å². The highest BCUT2D eigenvalue weighted by Crippen LogP contribution is 2.35. The van der Waals surface area contributed by atoms with Crippen molar-refractivity contribution in [3.63, 3.8) is 0 Å². The largest absolute Gasteiger partial charge is 0.484 e. The highest BCUT2D eigenvalue weighted by atomic mass is 32.2. The molecule has 0 saturated heterocycles. The van der Waals surface area contributed by atoms with Crippen molar-refractivity contribution in [2.24, 2.45) is 0 Å². The Kier molecular flexibility index (Phi) is 11.9. The average molecular weight is 666 g/mol. The van der Waals surface area contributed by atoms with Gasteiger partial charge in [-0.05, 0) is 70.0 Å². The number of aryl methyl sites for hydroxylation is 1. The fraction of sp³-hybridized carbons (Fsp3) is 0.312. The predicted octanol–water partition coefficient (Wildman–Crippen LogP) is 5.11. The van der Waals surface area contributed by atoms with Crippen LogP contribution in [0.5, 0.6) is 5.75 Å². The van der Waals surface area contributed by atoms with Crippen LogP contribution in [0.3, 0.4) is 0 Å². The van der Waals surface area contributed by atoms with Gasteiger partial charge >= 0.3 is 11.9 Å². The van der Waals surface area contributed by atoms with E-state index in [-0.39, 0.29) is 47.7 Å². The van der Waals surface area contributed by atoms with E-state index in [0.29, 0.717) is 22.3 Å². The van der Waals surface area contributed by atoms with E-state index in [2.05, 4.69) is 20.8 Å². The van der Waals surface area contributed by atoms with Crippen LogP contribution in [0.1, 0.15) is 57.8 Å². The zero-order valence-corrected chi connectivity index (χ0v) is 27.8. The second kappa shape index (κ2) is 16.0. The molecule has 12 nitrogen and oxygen atoms in total. The molecular weight excluding hydrogens is 631 g/mol.